The van der Waals surface area contributed by atoms with E-state index in [0.29, 0.717) is 10.6 Å². The molecule has 126 valence electrons. The smallest absolute Gasteiger partial charge is 0.267 e. The summed E-state index contributed by atoms with van der Waals surface area (Å²) in [5.74, 6) is -0.286. The van der Waals surface area contributed by atoms with Crippen LogP contribution in [0.2, 0.25) is 5.02 Å². The Labute approximate surface area is 155 Å². The van der Waals surface area contributed by atoms with Crippen LogP contribution < -0.4 is 5.43 Å². The normalized spacial score (nSPS) is 11.3. The van der Waals surface area contributed by atoms with Gasteiger partial charge in [0, 0.05) is 34.3 Å². The highest BCUT2D eigenvalue weighted by molar-refractivity contribution is 6.42. The first-order valence-corrected chi connectivity index (χ1v) is 8.46. The van der Waals surface area contributed by atoms with Crippen molar-refractivity contribution in [2.24, 2.45) is 5.10 Å². The van der Waals surface area contributed by atoms with Crippen LogP contribution in [0.3, 0.4) is 0 Å². The van der Waals surface area contributed by atoms with Crippen molar-refractivity contribution in [1.29, 1.82) is 0 Å². The van der Waals surface area contributed by atoms with E-state index < -0.39 is 0 Å². The van der Waals surface area contributed by atoms with E-state index in [1.165, 1.54) is 0 Å². The van der Waals surface area contributed by atoms with Crippen LogP contribution in [-0.4, -0.2) is 17.1 Å². The molecule has 0 bridgehead atoms. The van der Waals surface area contributed by atoms with E-state index in [2.05, 4.69) is 15.5 Å². The maximum absolute atomic E-state index is 12.1. The molecule has 4 rings (SSSR count). The summed E-state index contributed by atoms with van der Waals surface area (Å²) in [5.41, 5.74) is 3.98. The fourth-order valence-corrected chi connectivity index (χ4v) is 3.30. The van der Waals surface area contributed by atoms with Crippen molar-refractivity contribution < 1.29 is 4.79 Å². The Hall–Kier alpha value is -3.24. The van der Waals surface area contributed by atoms with Gasteiger partial charge in [0.15, 0.2) is 0 Å². The van der Waals surface area contributed by atoms with Crippen molar-refractivity contribution >= 4 is 45.3 Å². The topological polar surface area (TPSA) is 54.4 Å². The number of hydrazone groups is 1. The molecule has 1 heterocycles. The van der Waals surface area contributed by atoms with Gasteiger partial charge in [-0.05, 0) is 22.9 Å². The molecule has 1 amide bonds. The number of pyridine rings is 1. The molecule has 3 aromatic carbocycles. The number of nitrogens with one attached hydrogen (secondary N) is 1. The minimum atomic E-state index is -0.286. The molecule has 0 aliphatic carbocycles. The lowest BCUT2D eigenvalue weighted by Gasteiger charge is -2.10. The molecule has 0 fully saturated rings. The van der Waals surface area contributed by atoms with Crippen molar-refractivity contribution in [2.45, 2.75) is 0 Å². The van der Waals surface area contributed by atoms with Crippen LogP contribution in [0, 0.1) is 0 Å². The minimum Gasteiger partial charge on any atom is -0.267 e. The largest absolute Gasteiger partial charge is 0.271 e. The zero-order valence-electron chi connectivity index (χ0n) is 13.7. The number of benzene rings is 3. The van der Waals surface area contributed by atoms with Crippen LogP contribution in [0.1, 0.15) is 15.9 Å². The molecule has 0 saturated heterocycles. The van der Waals surface area contributed by atoms with Gasteiger partial charge in [-0.2, -0.15) is 5.10 Å². The van der Waals surface area contributed by atoms with Gasteiger partial charge in [0.05, 0.1) is 11.2 Å². The first-order chi connectivity index (χ1) is 12.8. The number of hydrogen-bond donors (Lipinski definition) is 1. The molecule has 1 N–H and O–H groups in total. The number of carbonyl (C=O) groups is 1. The molecule has 0 unspecified atom stereocenters. The van der Waals surface area contributed by atoms with Gasteiger partial charge in [0.1, 0.15) is 0 Å². The second-order valence-electron chi connectivity index (χ2n) is 5.75. The van der Waals surface area contributed by atoms with Crippen molar-refractivity contribution in [1.82, 2.24) is 10.4 Å². The minimum absolute atomic E-state index is 0.286. The zero-order valence-corrected chi connectivity index (χ0v) is 14.4. The third-order valence-electron chi connectivity index (χ3n) is 4.21. The Bertz CT molecular complexity index is 1080. The summed E-state index contributed by atoms with van der Waals surface area (Å²) in [6, 6.07) is 19.1. The molecule has 1 aromatic heterocycles. The van der Waals surface area contributed by atoms with E-state index in [0.717, 1.165) is 27.1 Å². The lowest BCUT2D eigenvalue weighted by Crippen LogP contribution is -2.17. The number of nitrogens with zero attached hydrogens (tertiary/aromatic N) is 2. The maximum atomic E-state index is 12.1. The van der Waals surface area contributed by atoms with Gasteiger partial charge >= 0.3 is 0 Å². The van der Waals surface area contributed by atoms with Crippen molar-refractivity contribution in [3.63, 3.8) is 0 Å². The number of amides is 1. The molecule has 5 heteroatoms. The van der Waals surface area contributed by atoms with Gasteiger partial charge in [0.2, 0.25) is 0 Å². The predicted molar refractivity (Wildman–Crippen MR) is 106 cm³/mol. The summed E-state index contributed by atoms with van der Waals surface area (Å²) in [4.78, 5) is 16.0. The van der Waals surface area contributed by atoms with Crippen molar-refractivity contribution in [2.75, 3.05) is 0 Å². The SMILES string of the molecule is O=C(N/N=C/c1c2ccccc2c(Cl)c2ccccc12)c1ccncc1. The Kier molecular flexibility index (Phi) is 4.33. The average molecular weight is 360 g/mol. The summed E-state index contributed by atoms with van der Waals surface area (Å²) in [5, 5.41) is 8.75. The molecule has 0 atom stereocenters. The molecule has 4 aromatic rings. The third-order valence-corrected chi connectivity index (χ3v) is 4.62. The van der Waals surface area contributed by atoms with E-state index >= 15 is 0 Å². The second-order valence-corrected chi connectivity index (χ2v) is 6.13. The molecule has 0 saturated carbocycles. The molecule has 0 radical (unpaired) electrons. The fourth-order valence-electron chi connectivity index (χ4n) is 2.97. The highest BCUT2D eigenvalue weighted by atomic mass is 35.5. The van der Waals surface area contributed by atoms with E-state index in [9.17, 15) is 4.79 Å². The standard InChI is InChI=1S/C21H14ClN3O/c22-20-17-7-3-1-5-15(17)19(16-6-2-4-8-18(16)20)13-24-25-21(26)14-9-11-23-12-10-14/h1-13H,(H,25,26)/b24-13+. The van der Waals surface area contributed by atoms with E-state index in [1.807, 2.05) is 48.5 Å². The number of carbonyl (C=O) groups excluding carboxylic acids is 1. The Morgan fingerprint density at radius 3 is 2.00 bits per heavy atom. The Morgan fingerprint density at radius 1 is 0.885 bits per heavy atom. The maximum Gasteiger partial charge on any atom is 0.271 e. The van der Waals surface area contributed by atoms with E-state index in [-0.39, 0.29) is 5.91 Å². The van der Waals surface area contributed by atoms with Crippen molar-refractivity contribution in [3.05, 3.63) is 89.2 Å². The highest BCUT2D eigenvalue weighted by Gasteiger charge is 2.11. The van der Waals surface area contributed by atoms with Crippen LogP contribution in [0.5, 0.6) is 0 Å². The Balaban J connectivity index is 1.78. The number of fused-ring (bicyclic) bond motifs is 2. The molecular formula is C21H14ClN3O. The lowest BCUT2D eigenvalue weighted by molar-refractivity contribution is 0.0955. The van der Waals surface area contributed by atoms with Crippen LogP contribution >= 0.6 is 11.6 Å². The van der Waals surface area contributed by atoms with E-state index in [4.69, 9.17) is 11.6 Å². The summed E-state index contributed by atoms with van der Waals surface area (Å²) >= 11 is 6.59. The van der Waals surface area contributed by atoms with Gasteiger partial charge in [0.25, 0.3) is 5.91 Å². The number of halogens is 1. The van der Waals surface area contributed by atoms with Crippen molar-refractivity contribution in [3.8, 4) is 0 Å². The number of rotatable bonds is 3. The van der Waals surface area contributed by atoms with Gasteiger partial charge in [-0.25, -0.2) is 5.43 Å². The summed E-state index contributed by atoms with van der Waals surface area (Å²) < 4.78 is 0. The van der Waals surface area contributed by atoms with Crippen LogP contribution in [0.15, 0.2) is 78.2 Å². The van der Waals surface area contributed by atoms with Gasteiger partial charge in [-0.1, -0.05) is 60.1 Å². The number of hydrogen-bond acceptors (Lipinski definition) is 3. The van der Waals surface area contributed by atoms with Crippen LogP contribution in [-0.2, 0) is 0 Å². The third kappa shape index (κ3) is 2.91. The van der Waals surface area contributed by atoms with Gasteiger partial charge < -0.3 is 0 Å². The molecule has 0 aliphatic rings. The van der Waals surface area contributed by atoms with Crippen LogP contribution in [0.4, 0.5) is 0 Å². The summed E-state index contributed by atoms with van der Waals surface area (Å²) in [6.07, 6.45) is 4.80. The van der Waals surface area contributed by atoms with Gasteiger partial charge in [-0.3, -0.25) is 9.78 Å². The lowest BCUT2D eigenvalue weighted by atomic mass is 9.97. The monoisotopic (exact) mass is 359 g/mol. The fraction of sp³-hybridized carbons (Fsp3) is 0. The predicted octanol–water partition coefficient (Wildman–Crippen LogP) is 4.81. The quantitative estimate of drug-likeness (QED) is 0.324. The second kappa shape index (κ2) is 6.94. The molecule has 4 nitrogen and oxygen atoms in total. The molecular weight excluding hydrogens is 346 g/mol. The van der Waals surface area contributed by atoms with Crippen LogP contribution in [0.25, 0.3) is 21.5 Å². The van der Waals surface area contributed by atoms with E-state index in [1.54, 1.807) is 30.7 Å². The Morgan fingerprint density at radius 2 is 1.42 bits per heavy atom. The first kappa shape index (κ1) is 16.2. The summed E-state index contributed by atoms with van der Waals surface area (Å²) in [6.45, 7) is 0. The zero-order chi connectivity index (χ0) is 17.9. The van der Waals surface area contributed by atoms with Gasteiger partial charge in [-0.15, -0.1) is 0 Å². The molecule has 26 heavy (non-hydrogen) atoms. The number of aromatic nitrogens is 1. The average Bonchev–Trinajstić information content (AvgIpc) is 2.71. The molecule has 0 aliphatic heterocycles. The molecule has 0 spiro atoms. The first-order valence-electron chi connectivity index (χ1n) is 8.08. The summed E-state index contributed by atoms with van der Waals surface area (Å²) in [7, 11) is 0. The highest BCUT2D eigenvalue weighted by Crippen LogP contribution is 2.35.